The Bertz CT molecular complexity index is 1000. The Labute approximate surface area is 165 Å². The molecule has 0 saturated carbocycles. The average molecular weight is 370 g/mol. The Kier molecular flexibility index (Phi) is 4.05. The summed E-state index contributed by atoms with van der Waals surface area (Å²) in [6.45, 7) is 2.14. The van der Waals surface area contributed by atoms with Crippen molar-refractivity contribution >= 4 is 11.6 Å². The van der Waals surface area contributed by atoms with Gasteiger partial charge in [-0.2, -0.15) is 0 Å². The number of anilines is 1. The first-order chi connectivity index (χ1) is 13.7. The van der Waals surface area contributed by atoms with Gasteiger partial charge in [0.15, 0.2) is 0 Å². The zero-order valence-electron chi connectivity index (χ0n) is 15.8. The maximum absolute atomic E-state index is 13.8. The van der Waals surface area contributed by atoms with Crippen LogP contribution in [-0.4, -0.2) is 30.9 Å². The van der Waals surface area contributed by atoms with E-state index in [4.69, 9.17) is 4.74 Å². The van der Waals surface area contributed by atoms with Crippen LogP contribution in [0.25, 0.3) is 0 Å². The lowest BCUT2D eigenvalue weighted by Crippen LogP contribution is -2.38. The van der Waals surface area contributed by atoms with Gasteiger partial charge in [0.05, 0.1) is 5.92 Å². The molecule has 0 fully saturated rings. The second-order valence-electron chi connectivity index (χ2n) is 7.42. The number of benzene rings is 3. The van der Waals surface area contributed by atoms with E-state index < -0.39 is 0 Å². The average Bonchev–Trinajstić information content (AvgIpc) is 2.91. The first-order valence-electron chi connectivity index (χ1n) is 9.66. The maximum atomic E-state index is 13.8. The van der Waals surface area contributed by atoms with Crippen molar-refractivity contribution in [1.82, 2.24) is 4.90 Å². The highest BCUT2D eigenvalue weighted by molar-refractivity contribution is 5.90. The summed E-state index contributed by atoms with van der Waals surface area (Å²) in [6.07, 6.45) is 0. The van der Waals surface area contributed by atoms with Gasteiger partial charge in [-0.25, -0.2) is 0 Å². The van der Waals surface area contributed by atoms with E-state index in [0.29, 0.717) is 13.1 Å². The van der Waals surface area contributed by atoms with Crippen molar-refractivity contribution in [3.8, 4) is 11.5 Å². The molecule has 140 valence electrons. The van der Waals surface area contributed by atoms with E-state index in [1.165, 1.54) is 11.3 Å². The molecule has 0 radical (unpaired) electrons. The van der Waals surface area contributed by atoms with E-state index >= 15 is 0 Å². The zero-order valence-corrected chi connectivity index (χ0v) is 15.8. The van der Waals surface area contributed by atoms with Crippen LogP contribution in [0.15, 0.2) is 72.8 Å². The van der Waals surface area contributed by atoms with Crippen molar-refractivity contribution in [3.63, 3.8) is 0 Å². The Balaban J connectivity index is 1.56. The number of hydrogen-bond acceptors (Lipinski definition) is 3. The predicted octanol–water partition coefficient (Wildman–Crippen LogP) is 4.40. The van der Waals surface area contributed by atoms with E-state index in [1.54, 1.807) is 0 Å². The molecule has 0 spiro atoms. The van der Waals surface area contributed by atoms with Crippen LogP contribution >= 0.6 is 0 Å². The van der Waals surface area contributed by atoms with Crippen LogP contribution in [0.3, 0.4) is 0 Å². The lowest BCUT2D eigenvalue weighted by atomic mass is 9.86. The molecule has 5 rings (SSSR count). The number of hydrogen-bond donors (Lipinski definition) is 0. The number of carbonyl (C=O) groups is 1. The molecule has 1 amide bonds. The smallest absolute Gasteiger partial charge is 0.235 e. The zero-order chi connectivity index (χ0) is 19.1. The van der Waals surface area contributed by atoms with Crippen molar-refractivity contribution in [2.24, 2.45) is 0 Å². The third-order valence-corrected chi connectivity index (χ3v) is 5.71. The van der Waals surface area contributed by atoms with E-state index in [1.807, 2.05) is 59.5 Å². The van der Waals surface area contributed by atoms with Crippen LogP contribution in [0, 0.1) is 0 Å². The fourth-order valence-corrected chi connectivity index (χ4v) is 4.24. The maximum Gasteiger partial charge on any atom is 0.235 e. The Hall–Kier alpha value is -3.27. The number of carbonyl (C=O) groups excluding carboxylic acids is 1. The summed E-state index contributed by atoms with van der Waals surface area (Å²) < 4.78 is 6.06. The third-order valence-electron chi connectivity index (χ3n) is 5.71. The number of fused-ring (bicyclic) bond motifs is 3. The third kappa shape index (κ3) is 2.73. The van der Waals surface area contributed by atoms with E-state index in [2.05, 4.69) is 30.1 Å². The van der Waals surface area contributed by atoms with Crippen LogP contribution < -0.4 is 9.64 Å². The summed E-state index contributed by atoms with van der Waals surface area (Å²) in [7, 11) is 2.09. The fourth-order valence-electron chi connectivity index (χ4n) is 4.24. The number of likely N-dealkylation sites (N-methyl/N-ethyl adjacent to an activating group) is 1. The standard InChI is InChI=1S/C24H22N2O2/c1-25-14-15-26(16-17-8-2-5-11-20(17)25)24(27)23-18-9-3-6-12-21(18)28-22-13-7-4-10-19(22)23/h2-13,23H,14-16H2,1H3. The molecular weight excluding hydrogens is 348 g/mol. The molecule has 2 aliphatic heterocycles. The highest BCUT2D eigenvalue weighted by atomic mass is 16.5. The molecule has 0 aliphatic carbocycles. The van der Waals surface area contributed by atoms with E-state index in [0.717, 1.165) is 29.2 Å². The fraction of sp³-hybridized carbons (Fsp3) is 0.208. The van der Waals surface area contributed by atoms with Gasteiger partial charge in [-0.1, -0.05) is 54.6 Å². The monoisotopic (exact) mass is 370 g/mol. The van der Waals surface area contributed by atoms with Crippen molar-refractivity contribution in [2.75, 3.05) is 25.0 Å². The number of amides is 1. The minimum atomic E-state index is -0.336. The van der Waals surface area contributed by atoms with Crippen LogP contribution in [0.1, 0.15) is 22.6 Å². The topological polar surface area (TPSA) is 32.8 Å². The Morgan fingerprint density at radius 3 is 2.18 bits per heavy atom. The molecular formula is C24H22N2O2. The first-order valence-corrected chi connectivity index (χ1v) is 9.66. The van der Waals surface area contributed by atoms with Gasteiger partial charge < -0.3 is 14.5 Å². The van der Waals surface area contributed by atoms with Crippen LogP contribution in [0.2, 0.25) is 0 Å². The lowest BCUT2D eigenvalue weighted by Gasteiger charge is -2.31. The second-order valence-corrected chi connectivity index (χ2v) is 7.42. The molecule has 28 heavy (non-hydrogen) atoms. The number of ether oxygens (including phenoxy) is 1. The quantitative estimate of drug-likeness (QED) is 0.636. The Morgan fingerprint density at radius 1 is 0.857 bits per heavy atom. The van der Waals surface area contributed by atoms with Gasteiger partial charge in [0.2, 0.25) is 5.91 Å². The molecule has 0 saturated heterocycles. The number of para-hydroxylation sites is 3. The summed E-state index contributed by atoms with van der Waals surface area (Å²) in [5, 5.41) is 0. The molecule has 0 unspecified atom stereocenters. The van der Waals surface area contributed by atoms with Crippen molar-refractivity contribution in [2.45, 2.75) is 12.5 Å². The number of nitrogens with zero attached hydrogens (tertiary/aromatic N) is 2. The molecule has 3 aromatic rings. The van der Waals surface area contributed by atoms with Crippen LogP contribution in [0.4, 0.5) is 5.69 Å². The molecule has 4 nitrogen and oxygen atoms in total. The molecule has 0 N–H and O–H groups in total. The van der Waals surface area contributed by atoms with Gasteiger partial charge in [-0.05, 0) is 23.8 Å². The van der Waals surface area contributed by atoms with Gasteiger partial charge in [0.1, 0.15) is 11.5 Å². The van der Waals surface area contributed by atoms with Crippen molar-refractivity contribution in [1.29, 1.82) is 0 Å². The molecule has 0 atom stereocenters. The number of rotatable bonds is 1. The predicted molar refractivity (Wildman–Crippen MR) is 110 cm³/mol. The molecule has 4 heteroatoms. The van der Waals surface area contributed by atoms with Gasteiger partial charge >= 0.3 is 0 Å². The first kappa shape index (κ1) is 16.9. The normalized spacial score (nSPS) is 15.8. The van der Waals surface area contributed by atoms with Gasteiger partial charge in [-0.15, -0.1) is 0 Å². The van der Waals surface area contributed by atoms with Crippen molar-refractivity contribution in [3.05, 3.63) is 89.5 Å². The van der Waals surface area contributed by atoms with Crippen LogP contribution in [0.5, 0.6) is 11.5 Å². The minimum absolute atomic E-state index is 0.133. The van der Waals surface area contributed by atoms with E-state index in [-0.39, 0.29) is 11.8 Å². The molecule has 0 bridgehead atoms. The molecule has 2 aliphatic rings. The highest BCUT2D eigenvalue weighted by Gasteiger charge is 2.35. The Morgan fingerprint density at radius 2 is 1.46 bits per heavy atom. The van der Waals surface area contributed by atoms with Crippen LogP contribution in [-0.2, 0) is 11.3 Å². The molecule has 3 aromatic carbocycles. The summed E-state index contributed by atoms with van der Waals surface area (Å²) in [5.74, 6) is 1.34. The summed E-state index contributed by atoms with van der Waals surface area (Å²) in [4.78, 5) is 18.0. The minimum Gasteiger partial charge on any atom is -0.457 e. The highest BCUT2D eigenvalue weighted by Crippen LogP contribution is 2.45. The SMILES string of the molecule is CN1CCN(C(=O)C2c3ccccc3Oc3ccccc32)Cc2ccccc21. The summed E-state index contributed by atoms with van der Waals surface area (Å²) in [6, 6.07) is 24.1. The van der Waals surface area contributed by atoms with Gasteiger partial charge in [-0.3, -0.25) is 4.79 Å². The van der Waals surface area contributed by atoms with E-state index in [9.17, 15) is 4.79 Å². The summed E-state index contributed by atoms with van der Waals surface area (Å²) in [5.41, 5.74) is 4.27. The van der Waals surface area contributed by atoms with Crippen molar-refractivity contribution < 1.29 is 9.53 Å². The summed E-state index contributed by atoms with van der Waals surface area (Å²) >= 11 is 0. The second kappa shape index (κ2) is 6.71. The molecule has 2 heterocycles. The van der Waals surface area contributed by atoms with Gasteiger partial charge in [0.25, 0.3) is 0 Å². The molecule has 0 aromatic heterocycles. The van der Waals surface area contributed by atoms with Gasteiger partial charge in [0, 0.05) is 43.5 Å². The largest absolute Gasteiger partial charge is 0.457 e. The lowest BCUT2D eigenvalue weighted by molar-refractivity contribution is -0.132.